The maximum atomic E-state index is 13.2. The summed E-state index contributed by atoms with van der Waals surface area (Å²) in [4.78, 5) is 32.0. The summed E-state index contributed by atoms with van der Waals surface area (Å²) in [5.74, 6) is 0.0330. The third-order valence-corrected chi connectivity index (χ3v) is 5.72. The molecule has 0 saturated carbocycles. The molecule has 1 aliphatic heterocycles. The maximum absolute atomic E-state index is 13.2. The molecule has 2 aromatic heterocycles. The molecule has 1 aromatic carbocycles. The monoisotopic (exact) mass is 382 g/mol. The van der Waals surface area contributed by atoms with Gasteiger partial charge in [-0.1, -0.05) is 30.3 Å². The van der Waals surface area contributed by atoms with Gasteiger partial charge in [0, 0.05) is 42.2 Å². The van der Waals surface area contributed by atoms with E-state index in [-0.39, 0.29) is 23.9 Å². The van der Waals surface area contributed by atoms with E-state index >= 15 is 0 Å². The zero-order chi connectivity index (χ0) is 19.0. The quantitative estimate of drug-likeness (QED) is 0.737. The standard InChI is InChI=1S/C20H22N4O2S/c1-13(2)23(10-15-8-9-18(25)21-15)19(26)17-12-27-20-22-16(11-24(17)20)14-6-4-3-5-7-14/h3-7,11-13,15H,8-10H2,1-2H3,(H,21,25). The van der Waals surface area contributed by atoms with Crippen LogP contribution in [-0.4, -0.2) is 44.7 Å². The molecule has 140 valence electrons. The van der Waals surface area contributed by atoms with Crippen LogP contribution in [0.1, 0.15) is 37.2 Å². The number of hydrogen-bond donors (Lipinski definition) is 1. The van der Waals surface area contributed by atoms with Crippen LogP contribution in [-0.2, 0) is 4.79 Å². The Balaban J connectivity index is 1.62. The second kappa shape index (κ2) is 7.15. The van der Waals surface area contributed by atoms with Gasteiger partial charge in [0.1, 0.15) is 5.69 Å². The Morgan fingerprint density at radius 3 is 2.81 bits per heavy atom. The topological polar surface area (TPSA) is 66.7 Å². The molecule has 6 nitrogen and oxygen atoms in total. The lowest BCUT2D eigenvalue weighted by Gasteiger charge is -2.29. The van der Waals surface area contributed by atoms with Crippen molar-refractivity contribution < 1.29 is 9.59 Å². The highest BCUT2D eigenvalue weighted by Gasteiger charge is 2.29. The summed E-state index contributed by atoms with van der Waals surface area (Å²) in [7, 11) is 0. The number of benzene rings is 1. The fourth-order valence-electron chi connectivity index (χ4n) is 3.41. The number of amides is 2. The summed E-state index contributed by atoms with van der Waals surface area (Å²) < 4.78 is 1.87. The van der Waals surface area contributed by atoms with Crippen LogP contribution < -0.4 is 5.32 Å². The number of imidazole rings is 1. The summed E-state index contributed by atoms with van der Waals surface area (Å²) in [6.45, 7) is 4.53. The van der Waals surface area contributed by atoms with E-state index in [9.17, 15) is 9.59 Å². The highest BCUT2D eigenvalue weighted by Crippen LogP contribution is 2.25. The zero-order valence-electron chi connectivity index (χ0n) is 15.4. The van der Waals surface area contributed by atoms with Crippen LogP contribution >= 0.6 is 11.3 Å². The van der Waals surface area contributed by atoms with Crippen LogP contribution in [0.5, 0.6) is 0 Å². The predicted octanol–water partition coefficient (Wildman–Crippen LogP) is 3.19. The number of nitrogens with zero attached hydrogens (tertiary/aromatic N) is 3. The number of rotatable bonds is 5. The first-order valence-corrected chi connectivity index (χ1v) is 10.0. The predicted molar refractivity (Wildman–Crippen MR) is 106 cm³/mol. The van der Waals surface area contributed by atoms with Gasteiger partial charge >= 0.3 is 0 Å². The molecular weight excluding hydrogens is 360 g/mol. The van der Waals surface area contributed by atoms with Crippen molar-refractivity contribution in [3.8, 4) is 11.3 Å². The molecule has 7 heteroatoms. The zero-order valence-corrected chi connectivity index (χ0v) is 16.2. The molecule has 1 saturated heterocycles. The van der Waals surface area contributed by atoms with Gasteiger partial charge in [-0.3, -0.25) is 14.0 Å². The van der Waals surface area contributed by atoms with E-state index in [2.05, 4.69) is 10.3 Å². The van der Waals surface area contributed by atoms with Crippen molar-refractivity contribution in [1.82, 2.24) is 19.6 Å². The Labute approximate surface area is 161 Å². The van der Waals surface area contributed by atoms with Gasteiger partial charge in [0.05, 0.1) is 5.69 Å². The highest BCUT2D eigenvalue weighted by molar-refractivity contribution is 7.15. The molecule has 3 aromatic rings. The van der Waals surface area contributed by atoms with Crippen molar-refractivity contribution in [2.24, 2.45) is 0 Å². The SMILES string of the molecule is CC(C)N(CC1CCC(=O)N1)C(=O)c1csc2nc(-c3ccccc3)cn12. The number of carbonyl (C=O) groups is 2. The average molecular weight is 382 g/mol. The molecule has 0 bridgehead atoms. The fourth-order valence-corrected chi connectivity index (χ4v) is 4.26. The van der Waals surface area contributed by atoms with Gasteiger partial charge in [0.2, 0.25) is 5.91 Å². The lowest BCUT2D eigenvalue weighted by Crippen LogP contribution is -2.45. The van der Waals surface area contributed by atoms with E-state index in [4.69, 9.17) is 0 Å². The lowest BCUT2D eigenvalue weighted by atomic mass is 10.1. The van der Waals surface area contributed by atoms with Crippen molar-refractivity contribution in [3.05, 3.63) is 47.6 Å². The molecule has 1 aliphatic rings. The normalized spacial score (nSPS) is 16.9. The molecule has 1 fully saturated rings. The molecule has 27 heavy (non-hydrogen) atoms. The smallest absolute Gasteiger partial charge is 0.272 e. The molecule has 1 N–H and O–H groups in total. The summed E-state index contributed by atoms with van der Waals surface area (Å²) in [5, 5.41) is 4.82. The van der Waals surface area contributed by atoms with E-state index in [0.29, 0.717) is 18.7 Å². The third kappa shape index (κ3) is 3.47. The van der Waals surface area contributed by atoms with Gasteiger partial charge in [-0.05, 0) is 20.3 Å². The third-order valence-electron chi connectivity index (χ3n) is 4.88. The van der Waals surface area contributed by atoms with Gasteiger partial charge in [-0.15, -0.1) is 11.3 Å². The first kappa shape index (κ1) is 17.7. The molecule has 4 rings (SSSR count). The van der Waals surface area contributed by atoms with Gasteiger partial charge in [0.15, 0.2) is 4.96 Å². The lowest BCUT2D eigenvalue weighted by molar-refractivity contribution is -0.119. The first-order valence-electron chi connectivity index (χ1n) is 9.15. The van der Waals surface area contributed by atoms with Crippen LogP contribution in [0, 0.1) is 0 Å². The minimum absolute atomic E-state index is 0.0284. The minimum atomic E-state index is -0.0330. The Bertz CT molecular complexity index is 976. The first-order chi connectivity index (χ1) is 13.0. The van der Waals surface area contributed by atoms with Gasteiger partial charge in [-0.25, -0.2) is 4.98 Å². The summed E-state index contributed by atoms with van der Waals surface area (Å²) in [5.41, 5.74) is 2.50. The Kier molecular flexibility index (Phi) is 4.70. The van der Waals surface area contributed by atoms with Crippen molar-refractivity contribution in [3.63, 3.8) is 0 Å². The van der Waals surface area contributed by atoms with Crippen LogP contribution in [0.4, 0.5) is 0 Å². The van der Waals surface area contributed by atoms with Crippen LogP contribution in [0.25, 0.3) is 16.2 Å². The van der Waals surface area contributed by atoms with Crippen LogP contribution in [0.15, 0.2) is 41.9 Å². The molecular formula is C20H22N4O2S. The number of aromatic nitrogens is 2. The summed E-state index contributed by atoms with van der Waals surface area (Å²) in [6.07, 6.45) is 3.23. The van der Waals surface area contributed by atoms with Crippen molar-refractivity contribution in [1.29, 1.82) is 0 Å². The van der Waals surface area contributed by atoms with Crippen LogP contribution in [0.3, 0.4) is 0 Å². The minimum Gasteiger partial charge on any atom is -0.352 e. The molecule has 3 heterocycles. The van der Waals surface area contributed by atoms with E-state index < -0.39 is 0 Å². The van der Waals surface area contributed by atoms with E-state index in [1.807, 2.05) is 65.1 Å². The number of fused-ring (bicyclic) bond motifs is 1. The molecule has 1 atom stereocenters. The largest absolute Gasteiger partial charge is 0.352 e. The average Bonchev–Trinajstić information content (AvgIpc) is 3.35. The van der Waals surface area contributed by atoms with Crippen molar-refractivity contribution >= 4 is 28.1 Å². The number of nitrogens with one attached hydrogen (secondary N) is 1. The van der Waals surface area contributed by atoms with Gasteiger partial charge < -0.3 is 10.2 Å². The molecule has 0 aliphatic carbocycles. The van der Waals surface area contributed by atoms with Crippen LogP contribution in [0.2, 0.25) is 0 Å². The highest BCUT2D eigenvalue weighted by atomic mass is 32.1. The summed E-state index contributed by atoms with van der Waals surface area (Å²) >= 11 is 1.46. The maximum Gasteiger partial charge on any atom is 0.272 e. The van der Waals surface area contributed by atoms with Crippen molar-refractivity contribution in [2.75, 3.05) is 6.54 Å². The summed E-state index contributed by atoms with van der Waals surface area (Å²) in [6, 6.07) is 10.0. The molecule has 0 radical (unpaired) electrons. The van der Waals surface area contributed by atoms with Gasteiger partial charge in [-0.2, -0.15) is 0 Å². The Morgan fingerprint density at radius 2 is 2.15 bits per heavy atom. The number of carbonyl (C=O) groups excluding carboxylic acids is 2. The molecule has 2 amide bonds. The Morgan fingerprint density at radius 1 is 1.37 bits per heavy atom. The number of hydrogen-bond acceptors (Lipinski definition) is 4. The van der Waals surface area contributed by atoms with Gasteiger partial charge in [0.25, 0.3) is 5.91 Å². The molecule has 1 unspecified atom stereocenters. The van der Waals surface area contributed by atoms with E-state index in [1.54, 1.807) is 0 Å². The van der Waals surface area contributed by atoms with E-state index in [1.165, 1.54) is 11.3 Å². The fraction of sp³-hybridized carbons (Fsp3) is 0.350. The van der Waals surface area contributed by atoms with E-state index in [0.717, 1.165) is 22.6 Å². The number of thiazole rings is 1. The Hall–Kier alpha value is -2.67. The molecule has 0 spiro atoms. The second-order valence-electron chi connectivity index (χ2n) is 7.12. The second-order valence-corrected chi connectivity index (χ2v) is 7.96. The van der Waals surface area contributed by atoms with Crippen molar-refractivity contribution in [2.45, 2.75) is 38.8 Å².